The van der Waals surface area contributed by atoms with Crippen molar-refractivity contribution in [2.75, 3.05) is 6.61 Å². The van der Waals surface area contributed by atoms with Crippen LogP contribution in [0.1, 0.15) is 68.2 Å². The molecule has 1 saturated carbocycles. The predicted octanol–water partition coefficient (Wildman–Crippen LogP) is 3.44. The van der Waals surface area contributed by atoms with Gasteiger partial charge in [-0.05, 0) is 25.7 Å². The van der Waals surface area contributed by atoms with E-state index in [1.165, 1.54) is 35.6 Å². The van der Waals surface area contributed by atoms with E-state index in [4.69, 9.17) is 0 Å². The molecule has 0 aliphatic heterocycles. The lowest BCUT2D eigenvalue weighted by atomic mass is 9.94. The van der Waals surface area contributed by atoms with Gasteiger partial charge in [0.2, 0.25) is 0 Å². The molecule has 3 nitrogen and oxygen atoms in total. The Kier molecular flexibility index (Phi) is 5.37. The maximum absolute atomic E-state index is 9.56. The fourth-order valence-corrected chi connectivity index (χ4v) is 3.85. The molecule has 0 amide bonds. The van der Waals surface area contributed by atoms with Gasteiger partial charge in [0, 0.05) is 29.1 Å². The van der Waals surface area contributed by atoms with E-state index in [2.05, 4.69) is 24.1 Å². The Morgan fingerprint density at radius 1 is 1.37 bits per heavy atom. The van der Waals surface area contributed by atoms with Crippen molar-refractivity contribution in [1.82, 2.24) is 10.3 Å². The molecule has 0 unspecified atom stereocenters. The summed E-state index contributed by atoms with van der Waals surface area (Å²) in [6.07, 6.45) is 9.26. The van der Waals surface area contributed by atoms with Crippen molar-refractivity contribution < 1.29 is 5.11 Å². The summed E-state index contributed by atoms with van der Waals surface area (Å²) in [4.78, 5) is 5.89. The second-order valence-corrected chi connectivity index (χ2v) is 6.79. The van der Waals surface area contributed by atoms with Gasteiger partial charge >= 0.3 is 0 Å². The van der Waals surface area contributed by atoms with Gasteiger partial charge in [0.15, 0.2) is 0 Å². The second kappa shape index (κ2) is 6.82. The van der Waals surface area contributed by atoms with Crippen molar-refractivity contribution in [2.24, 2.45) is 0 Å². The fraction of sp³-hybridized carbons (Fsp3) is 0.800. The third-order valence-electron chi connectivity index (χ3n) is 4.57. The molecule has 0 radical (unpaired) electrons. The van der Waals surface area contributed by atoms with Crippen LogP contribution in [0.25, 0.3) is 0 Å². The van der Waals surface area contributed by atoms with Crippen LogP contribution in [-0.4, -0.2) is 22.2 Å². The average Bonchev–Trinajstić information content (AvgIpc) is 3.12. The van der Waals surface area contributed by atoms with Crippen molar-refractivity contribution in [3.05, 3.63) is 16.1 Å². The molecule has 1 aromatic rings. The molecule has 1 heterocycles. The summed E-state index contributed by atoms with van der Waals surface area (Å²) in [5.41, 5.74) is -0.127. The van der Waals surface area contributed by atoms with Crippen LogP contribution in [-0.2, 0) is 6.54 Å². The number of nitrogens with one attached hydrogen (secondary N) is 1. The molecule has 0 saturated heterocycles. The number of aromatic nitrogens is 1. The average molecular weight is 282 g/mol. The Hall–Kier alpha value is -0.450. The number of aliphatic hydroxyl groups excluding tert-OH is 1. The van der Waals surface area contributed by atoms with E-state index in [1.54, 1.807) is 0 Å². The van der Waals surface area contributed by atoms with Crippen LogP contribution in [0.2, 0.25) is 0 Å². The van der Waals surface area contributed by atoms with Gasteiger partial charge in [0.1, 0.15) is 0 Å². The molecule has 108 valence electrons. The maximum atomic E-state index is 9.56. The molecule has 0 bridgehead atoms. The van der Waals surface area contributed by atoms with Crippen LogP contribution in [0.15, 0.2) is 6.20 Å². The van der Waals surface area contributed by atoms with E-state index in [0.29, 0.717) is 5.92 Å². The molecule has 0 spiro atoms. The zero-order valence-electron chi connectivity index (χ0n) is 12.1. The van der Waals surface area contributed by atoms with Crippen LogP contribution in [0.4, 0.5) is 0 Å². The van der Waals surface area contributed by atoms with Gasteiger partial charge in [-0.2, -0.15) is 0 Å². The zero-order chi connectivity index (χ0) is 13.7. The fourth-order valence-electron chi connectivity index (χ4n) is 2.82. The van der Waals surface area contributed by atoms with Crippen LogP contribution in [0.3, 0.4) is 0 Å². The first kappa shape index (κ1) is 14.9. The summed E-state index contributed by atoms with van der Waals surface area (Å²) in [6, 6.07) is 0. The molecule has 0 aromatic carbocycles. The predicted molar refractivity (Wildman–Crippen MR) is 80.6 cm³/mol. The highest BCUT2D eigenvalue weighted by atomic mass is 32.1. The minimum Gasteiger partial charge on any atom is -0.394 e. The molecule has 2 rings (SSSR count). The van der Waals surface area contributed by atoms with Crippen molar-refractivity contribution >= 4 is 11.3 Å². The Bertz CT molecular complexity index is 373. The number of rotatable bonds is 7. The standard InChI is InChI=1S/C15H26N2OS/c1-3-15(4-2,11-18)17-10-13-9-16-14(19-13)12-7-5-6-8-12/h9,12,17-18H,3-8,10-11H2,1-2H3. The third-order valence-corrected chi connectivity index (χ3v) is 5.73. The SMILES string of the molecule is CCC(CC)(CO)NCc1cnc(C2CCCC2)s1. The van der Waals surface area contributed by atoms with Crippen LogP contribution >= 0.6 is 11.3 Å². The summed E-state index contributed by atoms with van der Waals surface area (Å²) < 4.78 is 0. The summed E-state index contributed by atoms with van der Waals surface area (Å²) in [7, 11) is 0. The van der Waals surface area contributed by atoms with Gasteiger partial charge in [-0.15, -0.1) is 11.3 Å². The van der Waals surface area contributed by atoms with E-state index in [0.717, 1.165) is 19.4 Å². The first-order chi connectivity index (χ1) is 9.23. The number of aliphatic hydroxyl groups is 1. The van der Waals surface area contributed by atoms with E-state index >= 15 is 0 Å². The number of hydrogen-bond acceptors (Lipinski definition) is 4. The first-order valence-electron chi connectivity index (χ1n) is 7.53. The van der Waals surface area contributed by atoms with Gasteiger partial charge in [-0.3, -0.25) is 0 Å². The Morgan fingerprint density at radius 3 is 2.63 bits per heavy atom. The maximum Gasteiger partial charge on any atom is 0.0959 e. The quantitative estimate of drug-likeness (QED) is 0.805. The van der Waals surface area contributed by atoms with Gasteiger partial charge in [0.25, 0.3) is 0 Å². The lowest BCUT2D eigenvalue weighted by molar-refractivity contribution is 0.150. The van der Waals surface area contributed by atoms with Gasteiger partial charge in [0.05, 0.1) is 11.6 Å². The number of nitrogens with zero attached hydrogens (tertiary/aromatic N) is 1. The second-order valence-electron chi connectivity index (χ2n) is 5.65. The molecular formula is C15H26N2OS. The topological polar surface area (TPSA) is 45.1 Å². The lowest BCUT2D eigenvalue weighted by Crippen LogP contribution is -2.46. The Balaban J connectivity index is 1.92. The highest BCUT2D eigenvalue weighted by Crippen LogP contribution is 2.36. The minimum atomic E-state index is -0.127. The lowest BCUT2D eigenvalue weighted by Gasteiger charge is -2.30. The van der Waals surface area contributed by atoms with Crippen LogP contribution in [0, 0.1) is 0 Å². The van der Waals surface area contributed by atoms with Crippen molar-refractivity contribution in [3.8, 4) is 0 Å². The van der Waals surface area contributed by atoms with E-state index < -0.39 is 0 Å². The van der Waals surface area contributed by atoms with Gasteiger partial charge in [-0.1, -0.05) is 26.7 Å². The molecule has 2 N–H and O–H groups in total. The van der Waals surface area contributed by atoms with Crippen molar-refractivity contribution in [1.29, 1.82) is 0 Å². The molecule has 1 fully saturated rings. The molecular weight excluding hydrogens is 256 g/mol. The summed E-state index contributed by atoms with van der Waals surface area (Å²) >= 11 is 1.85. The third kappa shape index (κ3) is 3.56. The van der Waals surface area contributed by atoms with Crippen molar-refractivity contribution in [3.63, 3.8) is 0 Å². The highest BCUT2D eigenvalue weighted by Gasteiger charge is 2.25. The number of hydrogen-bond donors (Lipinski definition) is 2. The monoisotopic (exact) mass is 282 g/mol. The molecule has 1 aliphatic rings. The molecule has 0 atom stereocenters. The molecule has 1 aromatic heterocycles. The Labute approximate surface area is 120 Å². The largest absolute Gasteiger partial charge is 0.394 e. The normalized spacial score (nSPS) is 17.2. The van der Waals surface area contributed by atoms with Gasteiger partial charge in [-0.25, -0.2) is 4.98 Å². The smallest absolute Gasteiger partial charge is 0.0959 e. The first-order valence-corrected chi connectivity index (χ1v) is 8.35. The highest BCUT2D eigenvalue weighted by molar-refractivity contribution is 7.11. The minimum absolute atomic E-state index is 0.127. The van der Waals surface area contributed by atoms with E-state index in [1.807, 2.05) is 17.5 Å². The Morgan fingerprint density at radius 2 is 2.05 bits per heavy atom. The summed E-state index contributed by atoms with van der Waals surface area (Å²) in [5.74, 6) is 0.707. The molecule has 1 aliphatic carbocycles. The van der Waals surface area contributed by atoms with E-state index in [9.17, 15) is 5.11 Å². The van der Waals surface area contributed by atoms with E-state index in [-0.39, 0.29) is 12.1 Å². The van der Waals surface area contributed by atoms with Crippen molar-refractivity contribution in [2.45, 2.75) is 70.4 Å². The zero-order valence-corrected chi connectivity index (χ0v) is 12.9. The van der Waals surface area contributed by atoms with Crippen LogP contribution < -0.4 is 5.32 Å². The summed E-state index contributed by atoms with van der Waals surface area (Å²) in [6.45, 7) is 5.29. The molecule has 4 heteroatoms. The number of thiazole rings is 1. The van der Waals surface area contributed by atoms with Crippen LogP contribution in [0.5, 0.6) is 0 Å². The summed E-state index contributed by atoms with van der Waals surface area (Å²) in [5, 5.41) is 14.4. The molecule has 19 heavy (non-hydrogen) atoms. The van der Waals surface area contributed by atoms with Gasteiger partial charge < -0.3 is 10.4 Å².